The molecule has 0 unspecified atom stereocenters. The van der Waals surface area contributed by atoms with Gasteiger partial charge in [0.25, 0.3) is 0 Å². The molecule has 2 aromatic rings. The molecule has 2 aromatic heterocycles. The van der Waals surface area contributed by atoms with E-state index in [4.69, 9.17) is 5.73 Å². The highest BCUT2D eigenvalue weighted by Crippen LogP contribution is 2.20. The van der Waals surface area contributed by atoms with Gasteiger partial charge in [0.1, 0.15) is 5.82 Å². The molecule has 0 bridgehead atoms. The van der Waals surface area contributed by atoms with Gasteiger partial charge in [-0.2, -0.15) is 4.98 Å². The second-order valence-corrected chi connectivity index (χ2v) is 4.50. The average molecular weight is 235 g/mol. The van der Waals surface area contributed by atoms with Crippen LogP contribution in [0.2, 0.25) is 0 Å². The Balaban J connectivity index is 1.81. The van der Waals surface area contributed by atoms with Crippen LogP contribution in [0.25, 0.3) is 5.65 Å². The topological polar surface area (TPSA) is 68.2 Å². The number of halogens is 1. The number of hydrogen-bond donors (Lipinski definition) is 2. The first-order valence-corrected chi connectivity index (χ1v) is 5.75. The Bertz CT molecular complexity index is 538. The molecule has 5 nitrogen and oxygen atoms in total. The number of anilines is 1. The van der Waals surface area contributed by atoms with Gasteiger partial charge in [-0.05, 0) is 25.3 Å². The summed E-state index contributed by atoms with van der Waals surface area (Å²) in [6.07, 6.45) is 4.55. The Labute approximate surface area is 97.8 Å². The molecule has 17 heavy (non-hydrogen) atoms. The molecule has 0 amide bonds. The van der Waals surface area contributed by atoms with Crippen molar-refractivity contribution in [2.24, 2.45) is 5.73 Å². The minimum absolute atomic E-state index is 0.266. The van der Waals surface area contributed by atoms with Crippen molar-refractivity contribution in [3.8, 4) is 0 Å². The summed E-state index contributed by atoms with van der Waals surface area (Å²) in [5.74, 6) is 0.231. The molecule has 3 rings (SSSR count). The van der Waals surface area contributed by atoms with Gasteiger partial charge in [0.05, 0.1) is 0 Å². The summed E-state index contributed by atoms with van der Waals surface area (Å²) < 4.78 is 14.5. The smallest absolute Gasteiger partial charge is 0.243 e. The van der Waals surface area contributed by atoms with Gasteiger partial charge in [-0.3, -0.25) is 0 Å². The van der Waals surface area contributed by atoms with Gasteiger partial charge >= 0.3 is 0 Å². The van der Waals surface area contributed by atoms with E-state index in [-0.39, 0.29) is 11.9 Å². The van der Waals surface area contributed by atoms with Crippen LogP contribution < -0.4 is 11.1 Å². The molecule has 0 aliphatic heterocycles. The zero-order valence-corrected chi connectivity index (χ0v) is 9.31. The lowest BCUT2D eigenvalue weighted by molar-refractivity contribution is 0.625. The van der Waals surface area contributed by atoms with Gasteiger partial charge < -0.3 is 11.1 Å². The Morgan fingerprint density at radius 1 is 1.47 bits per heavy atom. The van der Waals surface area contributed by atoms with E-state index in [1.165, 1.54) is 12.1 Å². The van der Waals surface area contributed by atoms with E-state index >= 15 is 0 Å². The van der Waals surface area contributed by atoms with Crippen LogP contribution in [0.15, 0.2) is 18.3 Å². The van der Waals surface area contributed by atoms with Crippen molar-refractivity contribution in [3.63, 3.8) is 0 Å². The molecule has 0 radical (unpaired) electrons. The second-order valence-electron chi connectivity index (χ2n) is 4.50. The van der Waals surface area contributed by atoms with E-state index < -0.39 is 0 Å². The Morgan fingerprint density at radius 3 is 3.12 bits per heavy atom. The van der Waals surface area contributed by atoms with Crippen molar-refractivity contribution in [1.82, 2.24) is 14.6 Å². The van der Waals surface area contributed by atoms with Crippen LogP contribution in [0.5, 0.6) is 0 Å². The molecule has 1 fully saturated rings. The normalized spacial score (nSPS) is 24.4. The van der Waals surface area contributed by atoms with Crippen LogP contribution in [0, 0.1) is 5.82 Å². The molecule has 6 heteroatoms. The summed E-state index contributed by atoms with van der Waals surface area (Å²) in [6, 6.07) is 3.31. The molecular weight excluding hydrogens is 221 g/mol. The highest BCUT2D eigenvalue weighted by Gasteiger charge is 2.22. The number of nitrogens with two attached hydrogens (primary N) is 1. The van der Waals surface area contributed by atoms with Crippen LogP contribution in [0.1, 0.15) is 19.3 Å². The van der Waals surface area contributed by atoms with Crippen LogP contribution >= 0.6 is 0 Å². The molecule has 0 spiro atoms. The van der Waals surface area contributed by atoms with E-state index in [2.05, 4.69) is 15.4 Å². The summed E-state index contributed by atoms with van der Waals surface area (Å²) >= 11 is 0. The van der Waals surface area contributed by atoms with Crippen molar-refractivity contribution < 1.29 is 4.39 Å². The maximum Gasteiger partial charge on any atom is 0.243 e. The monoisotopic (exact) mass is 235 g/mol. The SMILES string of the molecule is N[C@H]1CC[C@H](Nc2nc3cc(F)ccn3n2)C1. The van der Waals surface area contributed by atoms with Crippen LogP contribution in [-0.2, 0) is 0 Å². The quantitative estimate of drug-likeness (QED) is 0.819. The first-order valence-electron chi connectivity index (χ1n) is 5.75. The van der Waals surface area contributed by atoms with Crippen molar-refractivity contribution in [3.05, 3.63) is 24.1 Å². The minimum Gasteiger partial charge on any atom is -0.350 e. The standard InChI is InChI=1S/C11H14FN5/c12-7-3-4-17-10(5-7)15-11(16-17)14-9-2-1-8(13)6-9/h3-5,8-9H,1-2,6,13H2,(H,14,16)/t8-,9-/m0/s1. The lowest BCUT2D eigenvalue weighted by atomic mass is 10.2. The second kappa shape index (κ2) is 3.96. The average Bonchev–Trinajstić information content (AvgIpc) is 2.84. The third-order valence-electron chi connectivity index (χ3n) is 3.11. The van der Waals surface area contributed by atoms with E-state index in [0.717, 1.165) is 19.3 Å². The van der Waals surface area contributed by atoms with Crippen molar-refractivity contribution in [2.75, 3.05) is 5.32 Å². The number of aromatic nitrogens is 3. The lowest BCUT2D eigenvalue weighted by Gasteiger charge is -2.09. The van der Waals surface area contributed by atoms with E-state index in [0.29, 0.717) is 17.6 Å². The summed E-state index contributed by atoms with van der Waals surface area (Å²) in [6.45, 7) is 0. The Kier molecular flexibility index (Phi) is 2.44. The maximum absolute atomic E-state index is 13.0. The fourth-order valence-electron chi connectivity index (χ4n) is 2.25. The molecule has 3 N–H and O–H groups in total. The van der Waals surface area contributed by atoms with Gasteiger partial charge in [0, 0.05) is 24.3 Å². The first-order chi connectivity index (χ1) is 8.20. The van der Waals surface area contributed by atoms with Crippen LogP contribution in [0.3, 0.4) is 0 Å². The number of hydrogen-bond acceptors (Lipinski definition) is 4. The molecule has 0 aromatic carbocycles. The fourth-order valence-corrected chi connectivity index (χ4v) is 2.25. The van der Waals surface area contributed by atoms with Gasteiger partial charge in [-0.15, -0.1) is 5.10 Å². The van der Waals surface area contributed by atoms with Gasteiger partial charge in [-0.25, -0.2) is 8.91 Å². The van der Waals surface area contributed by atoms with Gasteiger partial charge in [0.2, 0.25) is 5.95 Å². The summed E-state index contributed by atoms with van der Waals surface area (Å²) in [5.41, 5.74) is 6.35. The molecule has 2 atom stereocenters. The third kappa shape index (κ3) is 2.08. The number of nitrogens with zero attached hydrogens (tertiary/aromatic N) is 3. The van der Waals surface area contributed by atoms with Crippen molar-refractivity contribution >= 4 is 11.6 Å². The Hall–Kier alpha value is -1.69. The first kappa shape index (κ1) is 10.5. The highest BCUT2D eigenvalue weighted by atomic mass is 19.1. The molecule has 1 aliphatic rings. The largest absolute Gasteiger partial charge is 0.350 e. The molecule has 1 saturated carbocycles. The fraction of sp³-hybridized carbons (Fsp3) is 0.455. The van der Waals surface area contributed by atoms with Crippen LogP contribution in [-0.4, -0.2) is 26.7 Å². The predicted octanol–water partition coefficient (Wildman–Crippen LogP) is 1.16. The number of nitrogens with one attached hydrogen (secondary N) is 1. The Morgan fingerprint density at radius 2 is 2.35 bits per heavy atom. The zero-order chi connectivity index (χ0) is 11.8. The number of fused-ring (bicyclic) bond motifs is 1. The predicted molar refractivity (Wildman–Crippen MR) is 62.2 cm³/mol. The van der Waals surface area contributed by atoms with Crippen molar-refractivity contribution in [2.45, 2.75) is 31.3 Å². The lowest BCUT2D eigenvalue weighted by Crippen LogP contribution is -2.21. The molecule has 90 valence electrons. The summed E-state index contributed by atoms with van der Waals surface area (Å²) in [5, 5.41) is 7.46. The summed E-state index contributed by atoms with van der Waals surface area (Å²) in [4.78, 5) is 4.22. The molecule has 1 aliphatic carbocycles. The number of pyridine rings is 1. The minimum atomic E-state index is -0.306. The van der Waals surface area contributed by atoms with Gasteiger partial charge in [0.15, 0.2) is 5.65 Å². The zero-order valence-electron chi connectivity index (χ0n) is 9.31. The molecular formula is C11H14FN5. The van der Waals surface area contributed by atoms with E-state index in [1.54, 1.807) is 10.7 Å². The van der Waals surface area contributed by atoms with E-state index in [1.807, 2.05) is 0 Å². The van der Waals surface area contributed by atoms with Crippen molar-refractivity contribution in [1.29, 1.82) is 0 Å². The van der Waals surface area contributed by atoms with Gasteiger partial charge in [-0.1, -0.05) is 0 Å². The molecule has 2 heterocycles. The molecule has 0 saturated heterocycles. The maximum atomic E-state index is 13.0. The third-order valence-corrected chi connectivity index (χ3v) is 3.11. The summed E-state index contributed by atoms with van der Waals surface area (Å²) in [7, 11) is 0. The highest BCUT2D eigenvalue weighted by molar-refractivity contribution is 5.43. The van der Waals surface area contributed by atoms with E-state index in [9.17, 15) is 4.39 Å². The van der Waals surface area contributed by atoms with Crippen LogP contribution in [0.4, 0.5) is 10.3 Å². The number of rotatable bonds is 2.